The number of esters is 2. The number of unbranched alkanes of at least 4 members (excludes halogenated alkanes) is 16. The number of rotatable bonds is 41. The van der Waals surface area contributed by atoms with Crippen molar-refractivity contribution in [2.75, 3.05) is 25.6 Å². The van der Waals surface area contributed by atoms with Crippen LogP contribution in [0.3, 0.4) is 0 Å². The Morgan fingerprint density at radius 1 is 0.783 bits per heavy atom. The molecule has 3 unspecified atom stereocenters. The number of aliphatic hydroxyl groups is 4. The summed E-state index contributed by atoms with van der Waals surface area (Å²) < 4.78 is 56.7. The van der Waals surface area contributed by atoms with Crippen LogP contribution in [0.2, 0.25) is 0 Å². The van der Waals surface area contributed by atoms with Crippen LogP contribution < -0.4 is 11.4 Å². The smallest absolute Gasteiger partial charge is 0.462 e. The number of hydrogen-bond acceptors (Lipinski definition) is 17. The minimum absolute atomic E-state index is 0.0217. The summed E-state index contributed by atoms with van der Waals surface area (Å²) in [5, 5.41) is 41.4. The van der Waals surface area contributed by atoms with E-state index in [1.54, 1.807) is 0 Å². The number of nitrogens with two attached hydrogens (primary N) is 1. The molecular formula is C47H85N3O17P2. The molecule has 20 nitrogen and oxygen atoms in total. The van der Waals surface area contributed by atoms with Crippen molar-refractivity contribution >= 4 is 33.4 Å². The quantitative estimate of drug-likeness (QED) is 0.0142. The standard InChI is InChI=1S/C47H85N3O17P2/c1-4-6-7-8-17-22-27-38(51)39(52)28-23-18-15-20-24-29-42(53)62-33-37(65-43(54)30-25-19-14-12-10-9-11-13-16-21-26-36(3)5-2)34-63-68(58,59)67-69(60,61)64-35-40-44(55)45(56)46(66-40)50-32-31-41(48)49-47(50)57/h17,22,31-32,36-40,44-46,51-52,55-56H,4-16,18-21,23-30,33-35H2,1-3H3,(H,58,59)(H,60,61)(H2,48,49,57)/b22-17-/t36?,37-,38-,39-,40-,44-,45-,46-/m1/s1. The van der Waals surface area contributed by atoms with E-state index in [2.05, 4.69) is 30.1 Å². The predicted octanol–water partition coefficient (Wildman–Crippen LogP) is 7.86. The van der Waals surface area contributed by atoms with Crippen LogP contribution in [0.25, 0.3) is 0 Å². The second kappa shape index (κ2) is 35.5. The number of carbonyl (C=O) groups is 2. The maximum Gasteiger partial charge on any atom is 0.481 e. The SMILES string of the molecule is CCCCC/C=C\C[C@@H](O)[C@H](O)CCCCCCCC(=O)OC[C@H](COP(=O)(O)OP(=O)(O)OC[C@H]1O[C@@H](n2ccc(N)nc2=O)[C@H](O)[C@@H]1O)OC(=O)CCCCCCCCCCCCC(C)CC. The second-order valence-corrected chi connectivity index (χ2v) is 21.3. The zero-order chi connectivity index (χ0) is 51.1. The minimum Gasteiger partial charge on any atom is -0.462 e. The highest BCUT2D eigenvalue weighted by Crippen LogP contribution is 2.60. The summed E-state index contributed by atoms with van der Waals surface area (Å²) >= 11 is 0. The number of aromatic nitrogens is 2. The molecule has 0 aromatic carbocycles. The summed E-state index contributed by atoms with van der Waals surface area (Å²) in [4.78, 5) is 61.9. The van der Waals surface area contributed by atoms with Crippen molar-refractivity contribution in [1.29, 1.82) is 0 Å². The third-order valence-corrected chi connectivity index (χ3v) is 14.7. The van der Waals surface area contributed by atoms with Gasteiger partial charge in [-0.3, -0.25) is 23.2 Å². The number of allylic oxidation sites excluding steroid dienone is 1. The van der Waals surface area contributed by atoms with E-state index >= 15 is 0 Å². The van der Waals surface area contributed by atoms with E-state index in [1.165, 1.54) is 51.0 Å². The lowest BCUT2D eigenvalue weighted by Crippen LogP contribution is -2.36. The lowest BCUT2D eigenvalue weighted by atomic mass is 9.99. The Morgan fingerprint density at radius 3 is 1.97 bits per heavy atom. The van der Waals surface area contributed by atoms with Gasteiger partial charge in [0.05, 0.1) is 25.4 Å². The van der Waals surface area contributed by atoms with Crippen molar-refractivity contribution in [3.63, 3.8) is 0 Å². The van der Waals surface area contributed by atoms with Crippen molar-refractivity contribution in [1.82, 2.24) is 9.55 Å². The maximum absolute atomic E-state index is 12.9. The Hall–Kier alpha value is -2.58. The molecule has 1 saturated heterocycles. The molecule has 1 fully saturated rings. The van der Waals surface area contributed by atoms with Gasteiger partial charge in [-0.25, -0.2) is 13.9 Å². The van der Waals surface area contributed by atoms with Crippen molar-refractivity contribution < 1.29 is 76.5 Å². The first kappa shape index (κ1) is 62.5. The minimum atomic E-state index is -5.45. The number of ether oxygens (including phenoxy) is 3. The first-order valence-electron chi connectivity index (χ1n) is 25.3. The number of carbonyl (C=O) groups excluding carboxylic acids is 2. The zero-order valence-corrected chi connectivity index (χ0v) is 43.1. The molecule has 8 N–H and O–H groups in total. The van der Waals surface area contributed by atoms with Gasteiger partial charge in [-0.15, -0.1) is 0 Å². The summed E-state index contributed by atoms with van der Waals surface area (Å²) in [5.41, 5.74) is 4.57. The Bertz CT molecular complexity index is 1750. The summed E-state index contributed by atoms with van der Waals surface area (Å²) in [6, 6.07) is 1.24. The van der Waals surface area contributed by atoms with Crippen molar-refractivity contribution in [2.24, 2.45) is 5.92 Å². The molecule has 400 valence electrons. The van der Waals surface area contributed by atoms with Gasteiger partial charge in [0.15, 0.2) is 12.3 Å². The molecule has 69 heavy (non-hydrogen) atoms. The molecule has 1 aromatic rings. The fourth-order valence-electron chi connectivity index (χ4n) is 7.61. The highest BCUT2D eigenvalue weighted by Gasteiger charge is 2.46. The molecule has 0 aliphatic carbocycles. The molecule has 0 saturated carbocycles. The summed E-state index contributed by atoms with van der Waals surface area (Å²) in [6.07, 6.45) is 17.4. The topological polar surface area (TPSA) is 306 Å². The van der Waals surface area contributed by atoms with E-state index in [-0.39, 0.29) is 18.7 Å². The van der Waals surface area contributed by atoms with Crippen LogP contribution in [0, 0.1) is 5.92 Å². The Kier molecular flexibility index (Phi) is 32.2. The van der Waals surface area contributed by atoms with Gasteiger partial charge >= 0.3 is 33.3 Å². The van der Waals surface area contributed by atoms with Crippen LogP contribution in [0.1, 0.15) is 188 Å². The first-order valence-corrected chi connectivity index (χ1v) is 28.3. The van der Waals surface area contributed by atoms with E-state index in [0.717, 1.165) is 80.9 Å². The average Bonchev–Trinajstić information content (AvgIpc) is 3.58. The van der Waals surface area contributed by atoms with Crippen LogP contribution in [-0.2, 0) is 46.3 Å². The number of aliphatic hydroxyl groups excluding tert-OH is 4. The lowest BCUT2D eigenvalue weighted by molar-refractivity contribution is -0.161. The van der Waals surface area contributed by atoms with E-state index in [4.69, 9.17) is 29.0 Å². The molecule has 0 amide bonds. The molecule has 22 heteroatoms. The number of nitrogens with zero attached hydrogens (tertiary/aromatic N) is 2. The second-order valence-electron chi connectivity index (χ2n) is 18.2. The number of anilines is 1. The van der Waals surface area contributed by atoms with E-state index < -0.39 is 95.9 Å². The molecule has 0 spiro atoms. The van der Waals surface area contributed by atoms with Gasteiger partial charge in [0, 0.05) is 19.0 Å². The van der Waals surface area contributed by atoms with Crippen LogP contribution >= 0.6 is 15.6 Å². The summed E-state index contributed by atoms with van der Waals surface area (Å²) in [7, 11) is -10.9. The van der Waals surface area contributed by atoms with E-state index in [0.29, 0.717) is 38.5 Å². The average molecular weight is 1030 g/mol. The van der Waals surface area contributed by atoms with Crippen molar-refractivity contribution in [3.05, 3.63) is 34.9 Å². The Balaban J connectivity index is 1.83. The molecule has 2 rings (SSSR count). The fourth-order valence-corrected chi connectivity index (χ4v) is 9.72. The largest absolute Gasteiger partial charge is 0.481 e. The number of nitrogen functional groups attached to an aromatic ring is 1. The van der Waals surface area contributed by atoms with Gasteiger partial charge in [-0.1, -0.05) is 142 Å². The molecule has 0 bridgehead atoms. The Labute approximate surface area is 408 Å². The first-order chi connectivity index (χ1) is 32.9. The molecule has 10 atom stereocenters. The molecule has 0 radical (unpaired) electrons. The third kappa shape index (κ3) is 28.3. The molecule has 1 aromatic heterocycles. The van der Waals surface area contributed by atoms with Gasteiger partial charge < -0.3 is 50.2 Å². The highest BCUT2D eigenvalue weighted by molar-refractivity contribution is 7.61. The van der Waals surface area contributed by atoms with Gasteiger partial charge in [0.1, 0.15) is 30.7 Å². The van der Waals surface area contributed by atoms with Gasteiger partial charge in [0.2, 0.25) is 0 Å². The number of hydrogen-bond donors (Lipinski definition) is 7. The zero-order valence-electron chi connectivity index (χ0n) is 41.3. The van der Waals surface area contributed by atoms with Crippen molar-refractivity contribution in [2.45, 2.75) is 224 Å². The van der Waals surface area contributed by atoms with Gasteiger partial charge in [-0.05, 0) is 50.5 Å². The fraction of sp³-hybridized carbons (Fsp3) is 0.830. The van der Waals surface area contributed by atoms with Crippen LogP contribution in [0.5, 0.6) is 0 Å². The lowest BCUT2D eigenvalue weighted by Gasteiger charge is -2.21. The molecular weight excluding hydrogens is 940 g/mol. The van der Waals surface area contributed by atoms with E-state index in [9.17, 15) is 53.7 Å². The van der Waals surface area contributed by atoms with Crippen LogP contribution in [-0.4, -0.2) is 108 Å². The third-order valence-electron chi connectivity index (χ3n) is 12.1. The summed E-state index contributed by atoms with van der Waals surface area (Å²) in [5.74, 6) is -0.622. The number of phosphoric ester groups is 2. The molecule has 1 aliphatic rings. The number of phosphoric acid groups is 2. The molecule has 2 heterocycles. The summed E-state index contributed by atoms with van der Waals surface area (Å²) in [6.45, 7) is 4.26. The predicted molar refractivity (Wildman–Crippen MR) is 259 cm³/mol. The maximum atomic E-state index is 12.9. The van der Waals surface area contributed by atoms with Crippen LogP contribution in [0.15, 0.2) is 29.2 Å². The van der Waals surface area contributed by atoms with Crippen molar-refractivity contribution in [3.8, 4) is 0 Å². The van der Waals surface area contributed by atoms with Gasteiger partial charge in [0.25, 0.3) is 0 Å². The normalized spacial score (nSPS) is 20.8. The van der Waals surface area contributed by atoms with Crippen LogP contribution in [0.4, 0.5) is 5.82 Å². The van der Waals surface area contributed by atoms with Gasteiger partial charge in [-0.2, -0.15) is 9.29 Å². The Morgan fingerprint density at radius 2 is 1.36 bits per heavy atom. The highest BCUT2D eigenvalue weighted by atomic mass is 31.3. The monoisotopic (exact) mass is 1030 g/mol. The van der Waals surface area contributed by atoms with E-state index in [1.807, 2.05) is 12.2 Å². The molecule has 1 aliphatic heterocycles.